The van der Waals surface area contributed by atoms with Gasteiger partial charge < -0.3 is 29.1 Å². The number of amides is 1. The molecule has 1 fully saturated rings. The lowest BCUT2D eigenvalue weighted by Gasteiger charge is -2.37. The molecule has 10 heteroatoms. The Morgan fingerprint density at radius 3 is 2.42 bits per heavy atom. The first-order chi connectivity index (χ1) is 21.5. The number of ether oxygens (including phenoxy) is 2. The number of nitrogens with zero attached hydrogens (tertiary/aromatic N) is 6. The molecule has 0 unspecified atom stereocenters. The van der Waals surface area contributed by atoms with Gasteiger partial charge in [0, 0.05) is 62.3 Å². The van der Waals surface area contributed by atoms with Crippen LogP contribution in [0.15, 0.2) is 42.5 Å². The van der Waals surface area contributed by atoms with Crippen molar-refractivity contribution in [3.63, 3.8) is 0 Å². The van der Waals surface area contributed by atoms with Crippen molar-refractivity contribution in [3.05, 3.63) is 53.1 Å². The lowest BCUT2D eigenvalue weighted by molar-refractivity contribution is 0.0240. The molecule has 2 aliphatic rings. The lowest BCUT2D eigenvalue weighted by atomic mass is 9.89. The second kappa shape index (κ2) is 12.5. The van der Waals surface area contributed by atoms with E-state index in [2.05, 4.69) is 59.1 Å². The van der Waals surface area contributed by atoms with Crippen molar-refractivity contribution in [2.75, 3.05) is 76.8 Å². The van der Waals surface area contributed by atoms with Gasteiger partial charge >= 0.3 is 6.09 Å². The van der Waals surface area contributed by atoms with E-state index in [1.165, 1.54) is 0 Å². The van der Waals surface area contributed by atoms with Crippen molar-refractivity contribution in [1.29, 1.82) is 0 Å². The zero-order valence-electron chi connectivity index (χ0n) is 27.2. The zero-order chi connectivity index (χ0) is 31.9. The first-order valence-electron chi connectivity index (χ1n) is 15.8. The first-order valence-corrected chi connectivity index (χ1v) is 16.1. The fourth-order valence-corrected chi connectivity index (χ4v) is 6.42. The molecular weight excluding hydrogens is 588 g/mol. The Bertz CT molecular complexity index is 1720. The summed E-state index contributed by atoms with van der Waals surface area (Å²) in [5.41, 5.74) is 3.63. The van der Waals surface area contributed by atoms with E-state index in [1.54, 1.807) is 4.90 Å². The van der Waals surface area contributed by atoms with Crippen LogP contribution in [0.1, 0.15) is 32.8 Å². The lowest BCUT2D eigenvalue weighted by Crippen LogP contribution is -2.50. The van der Waals surface area contributed by atoms with Crippen molar-refractivity contribution in [3.8, 4) is 16.9 Å². The van der Waals surface area contributed by atoms with Crippen LogP contribution in [0.5, 0.6) is 5.75 Å². The van der Waals surface area contributed by atoms with E-state index in [0.717, 1.165) is 80.9 Å². The average Bonchev–Trinajstić information content (AvgIpc) is 3.01. The van der Waals surface area contributed by atoms with Crippen LogP contribution in [0, 0.1) is 0 Å². The normalized spacial score (nSPS) is 15.4. The van der Waals surface area contributed by atoms with E-state index in [1.807, 2.05) is 40.0 Å². The number of rotatable bonds is 6. The predicted octanol–water partition coefficient (Wildman–Crippen LogP) is 6.48. The predicted molar refractivity (Wildman–Crippen MR) is 183 cm³/mol. The molecule has 1 aromatic heterocycles. The number of carbonyl (C=O) groups is 1. The number of fused-ring (bicyclic) bond motifs is 4. The van der Waals surface area contributed by atoms with Crippen LogP contribution >= 0.6 is 11.6 Å². The zero-order valence-corrected chi connectivity index (χ0v) is 27.9. The minimum Gasteiger partial charge on any atom is -0.492 e. The third kappa shape index (κ3) is 6.47. The van der Waals surface area contributed by atoms with E-state index in [9.17, 15) is 4.79 Å². The van der Waals surface area contributed by atoms with E-state index in [0.29, 0.717) is 38.7 Å². The molecule has 0 bridgehead atoms. The molecule has 0 radical (unpaired) electrons. The Morgan fingerprint density at radius 2 is 1.71 bits per heavy atom. The monoisotopic (exact) mass is 630 g/mol. The summed E-state index contributed by atoms with van der Waals surface area (Å²) in [6, 6.07) is 14.6. The Kier molecular flexibility index (Phi) is 8.68. The number of anilines is 2. The highest BCUT2D eigenvalue weighted by Gasteiger charge is 2.31. The quantitative estimate of drug-likeness (QED) is 0.240. The summed E-state index contributed by atoms with van der Waals surface area (Å²) in [6.07, 6.45) is 1.54. The number of hydrogen-bond acceptors (Lipinski definition) is 8. The van der Waals surface area contributed by atoms with Gasteiger partial charge in [-0.3, -0.25) is 0 Å². The minimum absolute atomic E-state index is 0.280. The van der Waals surface area contributed by atoms with Gasteiger partial charge in [0.1, 0.15) is 17.2 Å². The summed E-state index contributed by atoms with van der Waals surface area (Å²) in [4.78, 5) is 31.5. The molecule has 238 valence electrons. The molecule has 2 aliphatic heterocycles. The number of carbonyl (C=O) groups excluding carboxylic acids is 1. The highest BCUT2D eigenvalue weighted by Crippen LogP contribution is 2.46. The molecule has 0 aliphatic carbocycles. The smallest absolute Gasteiger partial charge is 0.410 e. The van der Waals surface area contributed by atoms with Gasteiger partial charge in [-0.2, -0.15) is 4.98 Å². The molecule has 0 spiro atoms. The molecular formula is C35H43ClN6O3. The number of halogens is 1. The van der Waals surface area contributed by atoms with E-state index < -0.39 is 5.60 Å². The maximum Gasteiger partial charge on any atom is 0.410 e. The fourth-order valence-electron chi connectivity index (χ4n) is 6.14. The third-order valence-corrected chi connectivity index (χ3v) is 8.74. The van der Waals surface area contributed by atoms with E-state index in [4.69, 9.17) is 31.0 Å². The van der Waals surface area contributed by atoms with Gasteiger partial charge in [-0.05, 0) is 76.4 Å². The van der Waals surface area contributed by atoms with Gasteiger partial charge in [0.25, 0.3) is 0 Å². The summed E-state index contributed by atoms with van der Waals surface area (Å²) in [7, 11) is 6.17. The van der Waals surface area contributed by atoms with E-state index >= 15 is 0 Å². The molecule has 0 N–H and O–H groups in total. The number of benzene rings is 3. The number of hydrogen-bond donors (Lipinski definition) is 0. The van der Waals surface area contributed by atoms with Crippen LogP contribution in [-0.4, -0.2) is 98.5 Å². The standard InChI is InChI=1S/C35H43ClN6O3/c1-35(2,3)45-34(43)42-19-17-41(18-20-42)32-30-28(37-33(38-32)40(6)16-15-39(4)5)22-26(25-13-9-21-44-31(25)30)24-12-7-10-23-11-8-14-27(36)29(23)24/h7-8,10-12,14,22H,9,13,15-21H2,1-6H3. The largest absolute Gasteiger partial charge is 0.492 e. The van der Waals surface area contributed by atoms with Crippen LogP contribution < -0.4 is 14.5 Å². The topological polar surface area (TPSA) is 74.3 Å². The Morgan fingerprint density at radius 1 is 0.978 bits per heavy atom. The molecule has 9 nitrogen and oxygen atoms in total. The highest BCUT2D eigenvalue weighted by atomic mass is 35.5. The first kappa shape index (κ1) is 31.2. The van der Waals surface area contributed by atoms with Gasteiger partial charge in [0.15, 0.2) is 0 Å². The van der Waals surface area contributed by atoms with Gasteiger partial charge in [0.05, 0.1) is 17.5 Å². The van der Waals surface area contributed by atoms with Crippen molar-refractivity contribution in [2.24, 2.45) is 0 Å². The van der Waals surface area contributed by atoms with Crippen LogP contribution in [-0.2, 0) is 11.2 Å². The van der Waals surface area contributed by atoms with Crippen LogP contribution in [0.3, 0.4) is 0 Å². The van der Waals surface area contributed by atoms with Crippen molar-refractivity contribution >= 4 is 51.1 Å². The number of aromatic nitrogens is 2. The SMILES string of the molecule is CN(C)CCN(C)c1nc(N2CCN(C(=O)OC(C)(C)C)CC2)c2c3c(c(-c4cccc5cccc(Cl)c45)cc2n1)CCCO3. The van der Waals surface area contributed by atoms with E-state index in [-0.39, 0.29) is 6.09 Å². The molecule has 3 heterocycles. The average molecular weight is 631 g/mol. The maximum absolute atomic E-state index is 12.8. The molecule has 4 aromatic rings. The summed E-state index contributed by atoms with van der Waals surface area (Å²) in [5.74, 6) is 2.35. The van der Waals surface area contributed by atoms with Crippen LogP contribution in [0.4, 0.5) is 16.6 Å². The third-order valence-electron chi connectivity index (χ3n) is 8.43. The van der Waals surface area contributed by atoms with Gasteiger partial charge in [-0.15, -0.1) is 0 Å². The van der Waals surface area contributed by atoms with Gasteiger partial charge in [0.2, 0.25) is 5.95 Å². The molecule has 1 saturated heterocycles. The van der Waals surface area contributed by atoms with Crippen LogP contribution in [0.2, 0.25) is 5.02 Å². The number of likely N-dealkylation sites (N-methyl/N-ethyl adjacent to an activating group) is 2. The van der Waals surface area contributed by atoms with Crippen molar-refractivity contribution in [2.45, 2.75) is 39.2 Å². The Labute approximate surface area is 270 Å². The van der Waals surface area contributed by atoms with Gasteiger partial charge in [-0.1, -0.05) is 41.9 Å². The molecule has 3 aromatic carbocycles. The van der Waals surface area contributed by atoms with Crippen molar-refractivity contribution < 1.29 is 14.3 Å². The number of piperazine rings is 1. The second-order valence-electron chi connectivity index (χ2n) is 13.2. The Balaban J connectivity index is 1.49. The maximum atomic E-state index is 12.8. The molecule has 45 heavy (non-hydrogen) atoms. The summed E-state index contributed by atoms with van der Waals surface area (Å²) in [6.45, 7) is 10.3. The molecule has 0 atom stereocenters. The van der Waals surface area contributed by atoms with Crippen LogP contribution in [0.25, 0.3) is 32.8 Å². The van der Waals surface area contributed by atoms with Gasteiger partial charge in [-0.25, -0.2) is 9.78 Å². The summed E-state index contributed by atoms with van der Waals surface area (Å²) in [5, 5.41) is 3.78. The summed E-state index contributed by atoms with van der Waals surface area (Å²) < 4.78 is 12.2. The highest BCUT2D eigenvalue weighted by molar-refractivity contribution is 6.36. The second-order valence-corrected chi connectivity index (χ2v) is 13.7. The Hall–Kier alpha value is -3.82. The fraction of sp³-hybridized carbons (Fsp3) is 0.457. The molecule has 1 amide bonds. The minimum atomic E-state index is -0.536. The van der Waals surface area contributed by atoms with Crippen molar-refractivity contribution in [1.82, 2.24) is 19.8 Å². The summed E-state index contributed by atoms with van der Waals surface area (Å²) >= 11 is 6.83. The molecule has 0 saturated carbocycles. The molecule has 6 rings (SSSR count).